The number of amides is 1. The lowest BCUT2D eigenvalue weighted by molar-refractivity contribution is 0.172. The first-order valence-corrected chi connectivity index (χ1v) is 8.84. The Kier molecular flexibility index (Phi) is 9.43. The van der Waals surface area contributed by atoms with Crippen LogP contribution in [0.2, 0.25) is 5.02 Å². The summed E-state index contributed by atoms with van der Waals surface area (Å²) in [5.74, 6) is 1.37. The third-order valence-corrected chi connectivity index (χ3v) is 4.24. The van der Waals surface area contributed by atoms with E-state index in [0.717, 1.165) is 23.3 Å². The number of ether oxygens (including phenoxy) is 2. The highest BCUT2D eigenvalue weighted by Crippen LogP contribution is 2.24. The first-order chi connectivity index (χ1) is 12.4. The summed E-state index contributed by atoms with van der Waals surface area (Å²) in [6.45, 7) is 2.55. The van der Waals surface area contributed by atoms with Crippen LogP contribution < -0.4 is 14.8 Å². The zero-order valence-electron chi connectivity index (χ0n) is 16.0. The summed E-state index contributed by atoms with van der Waals surface area (Å²) < 4.78 is 11.1. The molecule has 1 amide bonds. The van der Waals surface area contributed by atoms with Gasteiger partial charge < -0.3 is 19.7 Å². The van der Waals surface area contributed by atoms with Gasteiger partial charge in [0.1, 0.15) is 11.5 Å². The number of rotatable bonds is 7. The Labute approximate surface area is 172 Å². The van der Waals surface area contributed by atoms with Crippen LogP contribution in [0.1, 0.15) is 23.6 Å². The van der Waals surface area contributed by atoms with Gasteiger partial charge in [-0.15, -0.1) is 12.4 Å². The van der Waals surface area contributed by atoms with Gasteiger partial charge in [-0.05, 0) is 55.4 Å². The average Bonchev–Trinajstić information content (AvgIpc) is 2.61. The lowest BCUT2D eigenvalue weighted by Gasteiger charge is -2.18. The van der Waals surface area contributed by atoms with Gasteiger partial charge in [0.05, 0.1) is 6.61 Å². The van der Waals surface area contributed by atoms with E-state index in [1.54, 1.807) is 26.2 Å². The number of carbonyl (C=O) groups excluding carboxylic acids is 1. The van der Waals surface area contributed by atoms with Gasteiger partial charge in [-0.25, -0.2) is 4.79 Å². The minimum atomic E-state index is -0.394. The second-order valence-corrected chi connectivity index (χ2v) is 6.66. The smallest absolute Gasteiger partial charge is 0.414 e. The second-order valence-electron chi connectivity index (χ2n) is 6.22. The van der Waals surface area contributed by atoms with Crippen LogP contribution in [0.5, 0.6) is 11.5 Å². The third kappa shape index (κ3) is 6.94. The topological polar surface area (TPSA) is 50.8 Å². The first-order valence-electron chi connectivity index (χ1n) is 8.46. The van der Waals surface area contributed by atoms with Crippen molar-refractivity contribution < 1.29 is 14.3 Å². The van der Waals surface area contributed by atoms with Crippen LogP contribution in [0.15, 0.2) is 42.5 Å². The molecule has 0 spiro atoms. The quantitative estimate of drug-likeness (QED) is 0.705. The fraction of sp³-hybridized carbons (Fsp3) is 0.350. The highest BCUT2D eigenvalue weighted by molar-refractivity contribution is 6.30. The van der Waals surface area contributed by atoms with Crippen LogP contribution in [0, 0.1) is 6.92 Å². The van der Waals surface area contributed by atoms with Gasteiger partial charge in [0.25, 0.3) is 0 Å². The van der Waals surface area contributed by atoms with Gasteiger partial charge in [-0.1, -0.05) is 23.7 Å². The molecule has 0 saturated heterocycles. The minimum absolute atomic E-state index is 0. The Morgan fingerprint density at radius 1 is 1.19 bits per heavy atom. The molecule has 7 heteroatoms. The Morgan fingerprint density at radius 2 is 1.85 bits per heavy atom. The molecule has 1 atom stereocenters. The Bertz CT molecular complexity index is 737. The zero-order chi connectivity index (χ0) is 19.1. The Balaban J connectivity index is 0.00000364. The van der Waals surface area contributed by atoms with E-state index < -0.39 is 6.09 Å². The van der Waals surface area contributed by atoms with Gasteiger partial charge in [0, 0.05) is 31.6 Å². The molecule has 148 valence electrons. The SMILES string of the molecule is CNC(CCOc1ccc(Cl)cc1C)c1ccc(OC(=O)N(C)C)cc1.Cl. The van der Waals surface area contributed by atoms with Crippen LogP contribution in [0.25, 0.3) is 0 Å². The fourth-order valence-corrected chi connectivity index (χ4v) is 2.73. The van der Waals surface area contributed by atoms with Crippen molar-refractivity contribution in [1.82, 2.24) is 10.2 Å². The highest BCUT2D eigenvalue weighted by Gasteiger charge is 2.12. The monoisotopic (exact) mass is 412 g/mol. The van der Waals surface area contributed by atoms with Crippen molar-refractivity contribution in [3.05, 3.63) is 58.6 Å². The number of aryl methyl sites for hydroxylation is 1. The fourth-order valence-electron chi connectivity index (χ4n) is 2.50. The summed E-state index contributed by atoms with van der Waals surface area (Å²) in [6, 6.07) is 13.2. The van der Waals surface area contributed by atoms with Crippen LogP contribution >= 0.6 is 24.0 Å². The lowest BCUT2D eigenvalue weighted by atomic mass is 10.0. The maximum atomic E-state index is 11.6. The van der Waals surface area contributed by atoms with Crippen LogP contribution in [-0.4, -0.2) is 38.7 Å². The second kappa shape index (κ2) is 11.0. The number of nitrogens with zero attached hydrogens (tertiary/aromatic N) is 1. The molecule has 0 aromatic heterocycles. The molecule has 0 fully saturated rings. The van der Waals surface area contributed by atoms with Crippen molar-refractivity contribution in [2.75, 3.05) is 27.7 Å². The molecule has 1 N–H and O–H groups in total. The van der Waals surface area contributed by atoms with Gasteiger partial charge in [-0.3, -0.25) is 0 Å². The number of benzene rings is 2. The largest absolute Gasteiger partial charge is 0.493 e. The van der Waals surface area contributed by atoms with E-state index in [1.807, 2.05) is 44.3 Å². The molecule has 2 aromatic carbocycles. The summed E-state index contributed by atoms with van der Waals surface area (Å²) in [5.41, 5.74) is 2.12. The van der Waals surface area contributed by atoms with Crippen molar-refractivity contribution >= 4 is 30.1 Å². The van der Waals surface area contributed by atoms with E-state index >= 15 is 0 Å². The van der Waals surface area contributed by atoms with Crippen LogP contribution in [-0.2, 0) is 0 Å². The summed E-state index contributed by atoms with van der Waals surface area (Å²) >= 11 is 5.97. The molecule has 5 nitrogen and oxygen atoms in total. The molecule has 0 aliphatic rings. The Morgan fingerprint density at radius 3 is 2.41 bits per heavy atom. The van der Waals surface area contributed by atoms with Gasteiger partial charge in [0.15, 0.2) is 0 Å². The summed E-state index contributed by atoms with van der Waals surface area (Å²) in [7, 11) is 5.21. The van der Waals surface area contributed by atoms with Crippen molar-refractivity contribution in [3.8, 4) is 11.5 Å². The molecular formula is C20H26Cl2N2O3. The maximum Gasteiger partial charge on any atom is 0.414 e. The predicted octanol–water partition coefficient (Wildman–Crippen LogP) is 4.86. The van der Waals surface area contributed by atoms with Crippen LogP contribution in [0.3, 0.4) is 0 Å². The molecule has 0 radical (unpaired) electrons. The standard InChI is InChI=1S/C20H25ClN2O3.ClH/c1-14-13-16(21)7-10-19(14)25-12-11-18(22-2)15-5-8-17(9-6-15)26-20(24)23(3)4;/h5-10,13,18,22H,11-12H2,1-4H3;1H. The van der Waals surface area contributed by atoms with Crippen molar-refractivity contribution in [3.63, 3.8) is 0 Å². The van der Waals surface area contributed by atoms with Crippen molar-refractivity contribution in [2.45, 2.75) is 19.4 Å². The molecule has 2 aromatic rings. The molecule has 2 rings (SSSR count). The average molecular weight is 413 g/mol. The summed E-state index contributed by atoms with van der Waals surface area (Å²) in [4.78, 5) is 13.0. The lowest BCUT2D eigenvalue weighted by Crippen LogP contribution is -2.25. The van der Waals surface area contributed by atoms with Crippen molar-refractivity contribution in [2.24, 2.45) is 0 Å². The van der Waals surface area contributed by atoms with Gasteiger partial charge in [-0.2, -0.15) is 0 Å². The van der Waals surface area contributed by atoms with E-state index in [9.17, 15) is 4.79 Å². The molecule has 0 heterocycles. The molecule has 27 heavy (non-hydrogen) atoms. The van der Waals surface area contributed by atoms with E-state index in [4.69, 9.17) is 21.1 Å². The molecule has 0 aliphatic heterocycles. The number of carbonyl (C=O) groups is 1. The summed E-state index contributed by atoms with van der Waals surface area (Å²) in [6.07, 6.45) is 0.407. The third-order valence-electron chi connectivity index (χ3n) is 4.00. The van der Waals surface area contributed by atoms with E-state index in [1.165, 1.54) is 4.90 Å². The maximum absolute atomic E-state index is 11.6. The normalized spacial score (nSPS) is 11.3. The molecule has 0 saturated carbocycles. The number of hydrogen-bond acceptors (Lipinski definition) is 4. The van der Waals surface area contributed by atoms with Gasteiger partial charge in [0.2, 0.25) is 0 Å². The Hall–Kier alpha value is -1.95. The van der Waals surface area contributed by atoms with E-state index in [0.29, 0.717) is 17.4 Å². The van der Waals surface area contributed by atoms with Crippen molar-refractivity contribution in [1.29, 1.82) is 0 Å². The number of hydrogen-bond donors (Lipinski definition) is 1. The highest BCUT2D eigenvalue weighted by atomic mass is 35.5. The molecule has 0 bridgehead atoms. The number of nitrogens with one attached hydrogen (secondary N) is 1. The minimum Gasteiger partial charge on any atom is -0.493 e. The molecule has 0 aliphatic carbocycles. The first kappa shape index (κ1) is 23.1. The molecule has 1 unspecified atom stereocenters. The van der Waals surface area contributed by atoms with E-state index in [2.05, 4.69) is 5.32 Å². The predicted molar refractivity (Wildman–Crippen MR) is 112 cm³/mol. The zero-order valence-corrected chi connectivity index (χ0v) is 17.6. The van der Waals surface area contributed by atoms with Gasteiger partial charge >= 0.3 is 6.09 Å². The molecular weight excluding hydrogens is 387 g/mol. The summed E-state index contributed by atoms with van der Waals surface area (Å²) in [5, 5.41) is 4.00. The van der Waals surface area contributed by atoms with Crippen LogP contribution in [0.4, 0.5) is 4.79 Å². The van der Waals surface area contributed by atoms with E-state index in [-0.39, 0.29) is 18.4 Å². The number of halogens is 2.